The minimum Gasteiger partial charge on any atom is -0.348 e. The Labute approximate surface area is 155 Å². The average Bonchev–Trinajstić information content (AvgIpc) is 2.62. The number of hydrogen-bond acceptors (Lipinski definition) is 4. The third kappa shape index (κ3) is 4.81. The normalized spacial score (nSPS) is 15.5. The minimum absolute atomic E-state index is 0.117. The van der Waals surface area contributed by atoms with Crippen LogP contribution in [0.4, 0.5) is 11.6 Å². The quantitative estimate of drug-likeness (QED) is 0.845. The molecule has 1 amide bonds. The number of carbonyl (C=O) groups is 1. The summed E-state index contributed by atoms with van der Waals surface area (Å²) in [6.07, 6.45) is 7.37. The highest BCUT2D eigenvalue weighted by Gasteiger charge is 2.18. The standard InChI is InChI=1S/C21H28N4O/c1-21(2,3)15-9-11-17(12-10-15)24-20-22-14-13-18(25-20)19(26)23-16-7-5-4-6-8-16/h9-14,16H,4-8H2,1-3H3,(H,23,26)(H,22,24,25). The molecule has 5 heteroatoms. The molecule has 0 bridgehead atoms. The Bertz CT molecular complexity index is 743. The molecule has 1 aromatic heterocycles. The number of nitrogens with zero attached hydrogens (tertiary/aromatic N) is 2. The largest absolute Gasteiger partial charge is 0.348 e. The van der Waals surface area contributed by atoms with Crippen LogP contribution < -0.4 is 10.6 Å². The predicted octanol–water partition coefficient (Wildman–Crippen LogP) is 4.58. The van der Waals surface area contributed by atoms with Crippen molar-refractivity contribution in [3.05, 3.63) is 47.8 Å². The van der Waals surface area contributed by atoms with Gasteiger partial charge in [0.25, 0.3) is 5.91 Å². The van der Waals surface area contributed by atoms with E-state index in [1.165, 1.54) is 24.8 Å². The van der Waals surface area contributed by atoms with E-state index in [0.29, 0.717) is 11.6 Å². The van der Waals surface area contributed by atoms with Crippen molar-refractivity contribution >= 4 is 17.5 Å². The Balaban J connectivity index is 1.66. The van der Waals surface area contributed by atoms with Gasteiger partial charge in [-0.2, -0.15) is 0 Å². The van der Waals surface area contributed by atoms with Gasteiger partial charge in [-0.25, -0.2) is 9.97 Å². The van der Waals surface area contributed by atoms with E-state index in [1.54, 1.807) is 12.3 Å². The number of carbonyl (C=O) groups excluding carboxylic acids is 1. The fourth-order valence-corrected chi connectivity index (χ4v) is 3.23. The van der Waals surface area contributed by atoms with E-state index in [1.807, 2.05) is 12.1 Å². The molecule has 1 heterocycles. The first-order valence-corrected chi connectivity index (χ1v) is 9.43. The zero-order valence-corrected chi connectivity index (χ0v) is 15.9. The maximum absolute atomic E-state index is 12.4. The number of amides is 1. The topological polar surface area (TPSA) is 66.9 Å². The molecule has 26 heavy (non-hydrogen) atoms. The van der Waals surface area contributed by atoms with Crippen LogP contribution in [0.15, 0.2) is 36.5 Å². The van der Waals surface area contributed by atoms with Crippen LogP contribution in [0.2, 0.25) is 0 Å². The molecule has 3 rings (SSSR count). The van der Waals surface area contributed by atoms with Gasteiger partial charge in [-0.1, -0.05) is 52.2 Å². The number of hydrogen-bond donors (Lipinski definition) is 2. The van der Waals surface area contributed by atoms with Crippen molar-refractivity contribution in [2.45, 2.75) is 64.3 Å². The summed E-state index contributed by atoms with van der Waals surface area (Å²) in [4.78, 5) is 21.0. The lowest BCUT2D eigenvalue weighted by Crippen LogP contribution is -2.36. The summed E-state index contributed by atoms with van der Waals surface area (Å²) in [6.45, 7) is 6.56. The molecule has 0 saturated heterocycles. The fraction of sp³-hybridized carbons (Fsp3) is 0.476. The molecular weight excluding hydrogens is 324 g/mol. The van der Waals surface area contributed by atoms with Gasteiger partial charge in [-0.15, -0.1) is 0 Å². The van der Waals surface area contributed by atoms with Crippen molar-refractivity contribution < 1.29 is 4.79 Å². The summed E-state index contributed by atoms with van der Waals surface area (Å²) in [7, 11) is 0. The van der Waals surface area contributed by atoms with Crippen molar-refractivity contribution in [1.82, 2.24) is 15.3 Å². The number of nitrogens with one attached hydrogen (secondary N) is 2. The van der Waals surface area contributed by atoms with Crippen LogP contribution in [0.3, 0.4) is 0 Å². The van der Waals surface area contributed by atoms with E-state index in [-0.39, 0.29) is 17.4 Å². The van der Waals surface area contributed by atoms with Gasteiger partial charge in [0.15, 0.2) is 0 Å². The van der Waals surface area contributed by atoms with Crippen LogP contribution >= 0.6 is 0 Å². The number of benzene rings is 1. The smallest absolute Gasteiger partial charge is 0.270 e. The van der Waals surface area contributed by atoms with E-state index in [0.717, 1.165) is 18.5 Å². The minimum atomic E-state index is -0.120. The van der Waals surface area contributed by atoms with Crippen LogP contribution in [-0.2, 0) is 5.41 Å². The maximum atomic E-state index is 12.4. The number of aromatic nitrogens is 2. The van der Waals surface area contributed by atoms with E-state index in [4.69, 9.17) is 0 Å². The van der Waals surface area contributed by atoms with E-state index in [2.05, 4.69) is 53.5 Å². The van der Waals surface area contributed by atoms with Crippen LogP contribution in [0.5, 0.6) is 0 Å². The third-order valence-electron chi connectivity index (χ3n) is 4.84. The summed E-state index contributed by atoms with van der Waals surface area (Å²) in [5.41, 5.74) is 2.69. The first-order chi connectivity index (χ1) is 12.4. The van der Waals surface area contributed by atoms with Crippen LogP contribution in [0.1, 0.15) is 68.9 Å². The molecule has 5 nitrogen and oxygen atoms in total. The molecule has 1 aromatic carbocycles. The second kappa shape index (κ2) is 7.85. The number of rotatable bonds is 4. The Hall–Kier alpha value is -2.43. The molecular formula is C21H28N4O. The Morgan fingerprint density at radius 2 is 1.73 bits per heavy atom. The monoisotopic (exact) mass is 352 g/mol. The molecule has 0 spiro atoms. The molecule has 1 aliphatic rings. The third-order valence-corrected chi connectivity index (χ3v) is 4.84. The van der Waals surface area contributed by atoms with Gasteiger partial charge in [0.2, 0.25) is 5.95 Å². The molecule has 0 atom stereocenters. The summed E-state index contributed by atoms with van der Waals surface area (Å²) in [5, 5.41) is 6.27. The van der Waals surface area contributed by atoms with Crippen LogP contribution in [-0.4, -0.2) is 21.9 Å². The zero-order valence-electron chi connectivity index (χ0n) is 15.9. The lowest BCUT2D eigenvalue weighted by Gasteiger charge is -2.22. The van der Waals surface area contributed by atoms with E-state index < -0.39 is 0 Å². The van der Waals surface area contributed by atoms with E-state index >= 15 is 0 Å². The maximum Gasteiger partial charge on any atom is 0.270 e. The fourth-order valence-electron chi connectivity index (χ4n) is 3.23. The van der Waals surface area contributed by atoms with E-state index in [9.17, 15) is 4.79 Å². The molecule has 2 N–H and O–H groups in total. The van der Waals surface area contributed by atoms with Gasteiger partial charge in [0.05, 0.1) is 0 Å². The van der Waals surface area contributed by atoms with Gasteiger partial charge in [0, 0.05) is 17.9 Å². The number of anilines is 2. The Morgan fingerprint density at radius 1 is 1.04 bits per heavy atom. The second-order valence-corrected chi connectivity index (χ2v) is 8.03. The molecule has 0 unspecified atom stereocenters. The Morgan fingerprint density at radius 3 is 2.38 bits per heavy atom. The summed E-state index contributed by atoms with van der Waals surface area (Å²) < 4.78 is 0. The summed E-state index contributed by atoms with van der Waals surface area (Å²) in [5.74, 6) is 0.315. The summed E-state index contributed by atoms with van der Waals surface area (Å²) >= 11 is 0. The van der Waals surface area contributed by atoms with Crippen LogP contribution in [0.25, 0.3) is 0 Å². The zero-order chi connectivity index (χ0) is 18.6. The van der Waals surface area contributed by atoms with Gasteiger partial charge in [-0.05, 0) is 42.0 Å². The lowest BCUT2D eigenvalue weighted by atomic mass is 9.87. The second-order valence-electron chi connectivity index (χ2n) is 8.03. The highest BCUT2D eigenvalue weighted by molar-refractivity contribution is 5.92. The predicted molar refractivity (Wildman–Crippen MR) is 105 cm³/mol. The van der Waals surface area contributed by atoms with Crippen molar-refractivity contribution in [3.8, 4) is 0 Å². The van der Waals surface area contributed by atoms with Gasteiger partial charge < -0.3 is 10.6 Å². The van der Waals surface area contributed by atoms with Gasteiger partial charge >= 0.3 is 0 Å². The first kappa shape index (κ1) is 18.4. The van der Waals surface area contributed by atoms with Crippen molar-refractivity contribution in [3.63, 3.8) is 0 Å². The lowest BCUT2D eigenvalue weighted by molar-refractivity contribution is 0.0922. The molecule has 0 aliphatic heterocycles. The summed E-state index contributed by atoms with van der Waals surface area (Å²) in [6, 6.07) is 10.2. The van der Waals surface area contributed by atoms with Gasteiger partial charge in [0.1, 0.15) is 5.69 Å². The van der Waals surface area contributed by atoms with Gasteiger partial charge in [-0.3, -0.25) is 4.79 Å². The van der Waals surface area contributed by atoms with Crippen molar-refractivity contribution in [2.75, 3.05) is 5.32 Å². The SMILES string of the molecule is CC(C)(C)c1ccc(Nc2nccc(C(=O)NC3CCCCC3)n2)cc1. The molecule has 2 aromatic rings. The van der Waals surface area contributed by atoms with Crippen LogP contribution in [0, 0.1) is 0 Å². The molecule has 0 radical (unpaired) electrons. The molecule has 1 saturated carbocycles. The Kier molecular flexibility index (Phi) is 5.55. The van der Waals surface area contributed by atoms with Crippen molar-refractivity contribution in [1.29, 1.82) is 0 Å². The highest BCUT2D eigenvalue weighted by Crippen LogP contribution is 2.24. The van der Waals surface area contributed by atoms with Crippen molar-refractivity contribution in [2.24, 2.45) is 0 Å². The highest BCUT2D eigenvalue weighted by atomic mass is 16.1. The average molecular weight is 352 g/mol. The molecule has 138 valence electrons. The first-order valence-electron chi connectivity index (χ1n) is 9.43. The molecule has 1 aliphatic carbocycles. The molecule has 1 fully saturated rings.